The number of nitrogens with zero attached hydrogens (tertiary/aromatic N) is 5. The lowest BCUT2D eigenvalue weighted by atomic mass is 10.0. The number of benzene rings is 2. The Hall–Kier alpha value is -3.68. The van der Waals surface area contributed by atoms with E-state index in [1.807, 2.05) is 51.1 Å². The number of hydrogen-bond donors (Lipinski definition) is 0. The van der Waals surface area contributed by atoms with Gasteiger partial charge in [0.2, 0.25) is 0 Å². The Balaban J connectivity index is 1.42. The Morgan fingerprint density at radius 1 is 0.912 bits per heavy atom. The second-order valence-corrected chi connectivity index (χ2v) is 8.58. The van der Waals surface area contributed by atoms with Gasteiger partial charge in [-0.15, -0.1) is 0 Å². The van der Waals surface area contributed by atoms with Crippen LogP contribution in [0.2, 0.25) is 0 Å². The van der Waals surface area contributed by atoms with Crippen LogP contribution in [0.5, 0.6) is 11.5 Å². The molecule has 0 unspecified atom stereocenters. The molecule has 1 aliphatic rings. The highest BCUT2D eigenvalue weighted by atomic mass is 16.5. The molecule has 34 heavy (non-hydrogen) atoms. The van der Waals surface area contributed by atoms with Crippen molar-refractivity contribution in [3.63, 3.8) is 0 Å². The second-order valence-electron chi connectivity index (χ2n) is 8.58. The first kappa shape index (κ1) is 22.1. The summed E-state index contributed by atoms with van der Waals surface area (Å²) in [7, 11) is 0. The number of aryl methyl sites for hydroxylation is 1. The Labute approximate surface area is 198 Å². The molecule has 0 N–H and O–H groups in total. The summed E-state index contributed by atoms with van der Waals surface area (Å²) in [6, 6.07) is 9.83. The van der Waals surface area contributed by atoms with E-state index in [0.717, 1.165) is 53.7 Å². The lowest BCUT2D eigenvalue weighted by molar-refractivity contribution is 0.288. The monoisotopic (exact) mass is 459 g/mol. The van der Waals surface area contributed by atoms with Crippen LogP contribution in [0.25, 0.3) is 21.8 Å². The van der Waals surface area contributed by atoms with Crippen LogP contribution < -0.4 is 19.9 Å². The molecule has 3 heterocycles. The van der Waals surface area contributed by atoms with Gasteiger partial charge in [-0.25, -0.2) is 15.0 Å². The molecule has 0 spiro atoms. The van der Waals surface area contributed by atoms with Gasteiger partial charge in [-0.3, -0.25) is 9.36 Å². The van der Waals surface area contributed by atoms with Gasteiger partial charge in [0, 0.05) is 30.6 Å². The van der Waals surface area contributed by atoms with Gasteiger partial charge in [-0.1, -0.05) is 11.6 Å². The fraction of sp³-hybridized carbons (Fsp3) is 0.385. The molecule has 4 aromatic rings. The zero-order valence-corrected chi connectivity index (χ0v) is 19.8. The molecular formula is C26H29N5O3. The number of hydrogen-bond acceptors (Lipinski definition) is 7. The van der Waals surface area contributed by atoms with Crippen molar-refractivity contribution in [2.24, 2.45) is 0 Å². The van der Waals surface area contributed by atoms with E-state index in [0.29, 0.717) is 30.1 Å². The molecule has 8 nitrogen and oxygen atoms in total. The van der Waals surface area contributed by atoms with Crippen molar-refractivity contribution in [2.75, 3.05) is 31.2 Å². The van der Waals surface area contributed by atoms with Crippen molar-refractivity contribution in [1.82, 2.24) is 19.5 Å². The van der Waals surface area contributed by atoms with Crippen LogP contribution in [0.1, 0.15) is 38.3 Å². The molecule has 1 aliphatic heterocycles. The van der Waals surface area contributed by atoms with Crippen LogP contribution in [-0.2, 0) is 0 Å². The van der Waals surface area contributed by atoms with Crippen LogP contribution in [-0.4, -0.2) is 45.8 Å². The molecule has 0 radical (unpaired) electrons. The van der Waals surface area contributed by atoms with E-state index in [-0.39, 0.29) is 11.6 Å². The minimum absolute atomic E-state index is 0.0319. The fourth-order valence-electron chi connectivity index (χ4n) is 4.70. The second kappa shape index (κ2) is 9.29. The molecule has 0 atom stereocenters. The minimum atomic E-state index is 0.0319. The van der Waals surface area contributed by atoms with Gasteiger partial charge in [-0.2, -0.15) is 0 Å². The highest BCUT2D eigenvalue weighted by Gasteiger charge is 2.25. The molecule has 0 bridgehead atoms. The highest BCUT2D eigenvalue weighted by Crippen LogP contribution is 2.36. The van der Waals surface area contributed by atoms with Crippen LogP contribution in [0.3, 0.4) is 0 Å². The molecule has 1 saturated heterocycles. The Morgan fingerprint density at radius 3 is 2.38 bits per heavy atom. The van der Waals surface area contributed by atoms with Gasteiger partial charge in [0.15, 0.2) is 11.5 Å². The van der Waals surface area contributed by atoms with E-state index in [4.69, 9.17) is 9.47 Å². The molecular weight excluding hydrogens is 430 g/mol. The third kappa shape index (κ3) is 4.04. The first-order valence-electron chi connectivity index (χ1n) is 11.9. The molecule has 2 aromatic carbocycles. The van der Waals surface area contributed by atoms with E-state index < -0.39 is 0 Å². The minimum Gasteiger partial charge on any atom is -0.490 e. The van der Waals surface area contributed by atoms with Crippen LogP contribution in [0.4, 0.5) is 5.82 Å². The summed E-state index contributed by atoms with van der Waals surface area (Å²) in [6.07, 6.45) is 4.96. The molecule has 176 valence electrons. The maximum atomic E-state index is 13.2. The van der Waals surface area contributed by atoms with E-state index in [1.165, 1.54) is 0 Å². The Kier molecular flexibility index (Phi) is 6.04. The van der Waals surface area contributed by atoms with Crippen LogP contribution in [0.15, 0.2) is 47.8 Å². The number of anilines is 1. The molecule has 0 amide bonds. The predicted octanol–water partition coefficient (Wildman–Crippen LogP) is 4.29. The van der Waals surface area contributed by atoms with Crippen molar-refractivity contribution in [1.29, 1.82) is 0 Å². The lowest BCUT2D eigenvalue weighted by Crippen LogP contribution is -2.38. The van der Waals surface area contributed by atoms with Gasteiger partial charge >= 0.3 is 0 Å². The summed E-state index contributed by atoms with van der Waals surface area (Å²) in [6.45, 7) is 8.58. The Bertz CT molecular complexity index is 1390. The number of rotatable bonds is 6. The summed E-state index contributed by atoms with van der Waals surface area (Å²) in [5.41, 5.74) is 2.66. The number of piperidine rings is 1. The quantitative estimate of drug-likeness (QED) is 0.425. The van der Waals surface area contributed by atoms with Gasteiger partial charge in [0.05, 0.1) is 36.0 Å². The molecule has 5 rings (SSSR count). The highest BCUT2D eigenvalue weighted by molar-refractivity contribution is 5.92. The van der Waals surface area contributed by atoms with Crippen molar-refractivity contribution in [2.45, 2.75) is 39.7 Å². The van der Waals surface area contributed by atoms with Crippen molar-refractivity contribution in [3.05, 3.63) is 58.9 Å². The SMILES string of the molecule is CCOc1cc2ncnc(N3CCC(n4cnc5ccc(C)cc5c4=O)CC3)c2cc1OCC. The van der Waals surface area contributed by atoms with Gasteiger partial charge in [0.25, 0.3) is 5.56 Å². The molecule has 1 fully saturated rings. The normalized spacial score (nSPS) is 14.6. The van der Waals surface area contributed by atoms with E-state index in [2.05, 4.69) is 19.9 Å². The zero-order valence-electron chi connectivity index (χ0n) is 19.8. The lowest BCUT2D eigenvalue weighted by Gasteiger charge is -2.34. The maximum absolute atomic E-state index is 13.2. The van der Waals surface area contributed by atoms with Gasteiger partial charge in [0.1, 0.15) is 12.1 Å². The van der Waals surface area contributed by atoms with E-state index in [9.17, 15) is 4.79 Å². The molecule has 8 heteroatoms. The average Bonchev–Trinajstić information content (AvgIpc) is 2.85. The van der Waals surface area contributed by atoms with Crippen molar-refractivity contribution >= 4 is 27.6 Å². The largest absolute Gasteiger partial charge is 0.490 e. The van der Waals surface area contributed by atoms with Crippen LogP contribution >= 0.6 is 0 Å². The van der Waals surface area contributed by atoms with Crippen LogP contribution in [0, 0.1) is 6.92 Å². The van der Waals surface area contributed by atoms with Gasteiger partial charge < -0.3 is 14.4 Å². The van der Waals surface area contributed by atoms with Crippen molar-refractivity contribution < 1.29 is 9.47 Å². The van der Waals surface area contributed by atoms with E-state index in [1.54, 1.807) is 17.2 Å². The first-order valence-corrected chi connectivity index (χ1v) is 11.9. The zero-order chi connectivity index (χ0) is 23.7. The van der Waals surface area contributed by atoms with Gasteiger partial charge in [-0.05, 0) is 51.8 Å². The summed E-state index contributed by atoms with van der Waals surface area (Å²) in [4.78, 5) is 29.0. The summed E-state index contributed by atoms with van der Waals surface area (Å²) in [5, 5.41) is 1.62. The maximum Gasteiger partial charge on any atom is 0.261 e. The number of fused-ring (bicyclic) bond motifs is 2. The third-order valence-electron chi connectivity index (χ3n) is 6.38. The predicted molar refractivity (Wildman–Crippen MR) is 133 cm³/mol. The summed E-state index contributed by atoms with van der Waals surface area (Å²) < 4.78 is 13.4. The summed E-state index contributed by atoms with van der Waals surface area (Å²) in [5.74, 6) is 2.28. The summed E-state index contributed by atoms with van der Waals surface area (Å²) >= 11 is 0. The van der Waals surface area contributed by atoms with E-state index >= 15 is 0 Å². The smallest absolute Gasteiger partial charge is 0.261 e. The molecule has 0 aliphatic carbocycles. The molecule has 0 saturated carbocycles. The average molecular weight is 460 g/mol. The Morgan fingerprint density at radius 2 is 1.65 bits per heavy atom. The number of aromatic nitrogens is 4. The standard InChI is InChI=1S/C26H29N5O3/c1-4-33-23-13-19-22(14-24(23)34-5-2)27-15-28-25(19)30-10-8-18(9-11-30)31-16-29-21-7-6-17(3)12-20(21)26(31)32/h6-7,12-16,18H,4-5,8-11H2,1-3H3. The fourth-order valence-corrected chi connectivity index (χ4v) is 4.70. The first-order chi connectivity index (χ1) is 16.6. The molecule has 2 aromatic heterocycles. The third-order valence-corrected chi connectivity index (χ3v) is 6.38. The topological polar surface area (TPSA) is 82.4 Å². The van der Waals surface area contributed by atoms with Crippen molar-refractivity contribution in [3.8, 4) is 11.5 Å². The number of ether oxygens (including phenoxy) is 2.